The van der Waals surface area contributed by atoms with E-state index in [9.17, 15) is 0 Å². The summed E-state index contributed by atoms with van der Waals surface area (Å²) in [6, 6.07) is 17.1. The average molecular weight is 374 g/mol. The van der Waals surface area contributed by atoms with Gasteiger partial charge in [0.25, 0.3) is 0 Å². The maximum Gasteiger partial charge on any atom is 0.228 e. The van der Waals surface area contributed by atoms with Gasteiger partial charge in [0.2, 0.25) is 5.95 Å². The minimum Gasteiger partial charge on any atom is -0.309 e. The fourth-order valence-electron chi connectivity index (χ4n) is 3.96. The monoisotopic (exact) mass is 373 g/mol. The van der Waals surface area contributed by atoms with E-state index in [2.05, 4.69) is 63.5 Å². The van der Waals surface area contributed by atoms with Crippen molar-refractivity contribution in [3.63, 3.8) is 0 Å². The van der Waals surface area contributed by atoms with Crippen LogP contribution in [0.5, 0.6) is 0 Å². The standard InChI is InChI=1S/C23H27N5/c1-16-8-4-5-9-19(16)15-28-13-7-11-21(28)20-10-6-12-22(26-20)27-23-24-17(2)14-18(3)25-23/h4-6,8-10,12,14,21H,7,11,13,15H2,1-3H3,(H,24,25,26,27). The van der Waals surface area contributed by atoms with E-state index in [0.717, 1.165) is 42.4 Å². The van der Waals surface area contributed by atoms with Gasteiger partial charge in [0, 0.05) is 17.9 Å². The molecule has 1 aliphatic heterocycles. The molecule has 0 radical (unpaired) electrons. The number of nitrogens with one attached hydrogen (secondary N) is 1. The first-order valence-corrected chi connectivity index (χ1v) is 9.93. The summed E-state index contributed by atoms with van der Waals surface area (Å²) in [5.41, 5.74) is 5.76. The molecule has 144 valence electrons. The summed E-state index contributed by atoms with van der Waals surface area (Å²) in [6.07, 6.45) is 2.35. The van der Waals surface area contributed by atoms with Gasteiger partial charge in [0.15, 0.2) is 0 Å². The Bertz CT molecular complexity index is 948. The number of benzene rings is 1. The second-order valence-corrected chi connectivity index (χ2v) is 7.60. The van der Waals surface area contributed by atoms with Gasteiger partial charge in [-0.05, 0) is 69.5 Å². The largest absolute Gasteiger partial charge is 0.309 e. The normalized spacial score (nSPS) is 17.0. The van der Waals surface area contributed by atoms with Crippen LogP contribution in [-0.4, -0.2) is 26.4 Å². The Morgan fingerprint density at radius 1 is 0.964 bits per heavy atom. The third-order valence-electron chi connectivity index (χ3n) is 5.33. The molecule has 0 bridgehead atoms. The van der Waals surface area contributed by atoms with Crippen LogP contribution in [0.2, 0.25) is 0 Å². The minimum absolute atomic E-state index is 0.349. The van der Waals surface area contributed by atoms with E-state index in [1.807, 2.05) is 26.0 Å². The number of rotatable bonds is 5. The summed E-state index contributed by atoms with van der Waals surface area (Å²) in [5, 5.41) is 3.27. The Morgan fingerprint density at radius 3 is 2.54 bits per heavy atom. The lowest BCUT2D eigenvalue weighted by Gasteiger charge is -2.25. The van der Waals surface area contributed by atoms with Gasteiger partial charge in [-0.3, -0.25) is 4.90 Å². The molecule has 3 aromatic rings. The van der Waals surface area contributed by atoms with Crippen molar-refractivity contribution in [2.24, 2.45) is 0 Å². The van der Waals surface area contributed by atoms with E-state index >= 15 is 0 Å². The van der Waals surface area contributed by atoms with Gasteiger partial charge in [-0.15, -0.1) is 0 Å². The topological polar surface area (TPSA) is 53.9 Å². The zero-order valence-corrected chi connectivity index (χ0v) is 16.8. The fourth-order valence-corrected chi connectivity index (χ4v) is 3.96. The Labute approximate surface area is 166 Å². The fraction of sp³-hybridized carbons (Fsp3) is 0.348. The second-order valence-electron chi connectivity index (χ2n) is 7.60. The lowest BCUT2D eigenvalue weighted by atomic mass is 10.1. The van der Waals surface area contributed by atoms with Crippen molar-refractivity contribution >= 4 is 11.8 Å². The molecule has 1 aromatic carbocycles. The van der Waals surface area contributed by atoms with E-state index < -0.39 is 0 Å². The van der Waals surface area contributed by atoms with E-state index in [4.69, 9.17) is 4.98 Å². The zero-order valence-electron chi connectivity index (χ0n) is 16.8. The van der Waals surface area contributed by atoms with Crippen LogP contribution in [0.1, 0.15) is 47.1 Å². The molecular formula is C23H27N5. The quantitative estimate of drug-likeness (QED) is 0.691. The summed E-state index contributed by atoms with van der Waals surface area (Å²) in [6.45, 7) is 8.22. The summed E-state index contributed by atoms with van der Waals surface area (Å²) in [4.78, 5) is 16.4. The first-order valence-electron chi connectivity index (χ1n) is 9.93. The highest BCUT2D eigenvalue weighted by Gasteiger charge is 2.27. The first-order chi connectivity index (χ1) is 13.6. The molecule has 0 aliphatic carbocycles. The summed E-state index contributed by atoms with van der Waals surface area (Å²) in [5.74, 6) is 1.40. The summed E-state index contributed by atoms with van der Waals surface area (Å²) >= 11 is 0. The SMILES string of the molecule is Cc1cc(C)nc(Nc2cccc(C3CCCN3Cc3ccccc3C)n2)n1. The molecule has 5 nitrogen and oxygen atoms in total. The maximum atomic E-state index is 4.89. The molecule has 1 aliphatic rings. The number of likely N-dealkylation sites (tertiary alicyclic amines) is 1. The molecule has 4 rings (SSSR count). The van der Waals surface area contributed by atoms with Gasteiger partial charge in [-0.2, -0.15) is 0 Å². The van der Waals surface area contributed by atoms with Gasteiger partial charge in [-0.25, -0.2) is 15.0 Å². The van der Waals surface area contributed by atoms with E-state index in [-0.39, 0.29) is 0 Å². The van der Waals surface area contributed by atoms with Crippen molar-refractivity contribution in [3.05, 3.63) is 76.7 Å². The van der Waals surface area contributed by atoms with Crippen LogP contribution in [0.3, 0.4) is 0 Å². The third kappa shape index (κ3) is 4.20. The van der Waals surface area contributed by atoms with Gasteiger partial charge in [0.05, 0.1) is 11.7 Å². The summed E-state index contributed by atoms with van der Waals surface area (Å²) < 4.78 is 0. The second kappa shape index (κ2) is 8.07. The molecule has 28 heavy (non-hydrogen) atoms. The van der Waals surface area contributed by atoms with Crippen molar-refractivity contribution in [2.45, 2.75) is 46.2 Å². The highest BCUT2D eigenvalue weighted by atomic mass is 15.2. The number of aromatic nitrogens is 3. The molecular weight excluding hydrogens is 346 g/mol. The lowest BCUT2D eigenvalue weighted by Crippen LogP contribution is -2.24. The molecule has 5 heteroatoms. The third-order valence-corrected chi connectivity index (χ3v) is 5.33. The number of pyridine rings is 1. The number of aryl methyl sites for hydroxylation is 3. The molecule has 0 spiro atoms. The van der Waals surface area contributed by atoms with Crippen LogP contribution in [0, 0.1) is 20.8 Å². The van der Waals surface area contributed by atoms with Crippen LogP contribution in [-0.2, 0) is 6.54 Å². The van der Waals surface area contributed by atoms with Crippen LogP contribution in [0.25, 0.3) is 0 Å². The highest BCUT2D eigenvalue weighted by molar-refractivity contribution is 5.48. The van der Waals surface area contributed by atoms with Gasteiger partial charge in [0.1, 0.15) is 5.82 Å². The molecule has 1 N–H and O–H groups in total. The van der Waals surface area contributed by atoms with Crippen molar-refractivity contribution < 1.29 is 0 Å². The highest BCUT2D eigenvalue weighted by Crippen LogP contribution is 2.33. The van der Waals surface area contributed by atoms with Gasteiger partial charge in [-0.1, -0.05) is 30.3 Å². The Morgan fingerprint density at radius 2 is 1.75 bits per heavy atom. The molecule has 0 amide bonds. The van der Waals surface area contributed by atoms with Crippen LogP contribution in [0.4, 0.5) is 11.8 Å². The molecule has 3 heterocycles. The van der Waals surface area contributed by atoms with Crippen molar-refractivity contribution in [2.75, 3.05) is 11.9 Å². The van der Waals surface area contributed by atoms with E-state index in [0.29, 0.717) is 12.0 Å². The number of nitrogens with zero attached hydrogens (tertiary/aromatic N) is 4. The van der Waals surface area contributed by atoms with E-state index in [1.54, 1.807) is 0 Å². The van der Waals surface area contributed by atoms with Crippen molar-refractivity contribution in [1.29, 1.82) is 0 Å². The summed E-state index contributed by atoms with van der Waals surface area (Å²) in [7, 11) is 0. The molecule has 1 atom stereocenters. The smallest absolute Gasteiger partial charge is 0.228 e. The minimum atomic E-state index is 0.349. The molecule has 1 saturated heterocycles. The van der Waals surface area contributed by atoms with Gasteiger partial charge < -0.3 is 5.32 Å². The number of anilines is 2. The lowest BCUT2D eigenvalue weighted by molar-refractivity contribution is 0.244. The van der Waals surface area contributed by atoms with Crippen molar-refractivity contribution in [1.82, 2.24) is 19.9 Å². The van der Waals surface area contributed by atoms with Crippen LogP contribution >= 0.6 is 0 Å². The Balaban J connectivity index is 1.53. The molecule has 0 saturated carbocycles. The van der Waals surface area contributed by atoms with Crippen LogP contribution in [0.15, 0.2) is 48.5 Å². The molecule has 1 fully saturated rings. The van der Waals surface area contributed by atoms with Gasteiger partial charge >= 0.3 is 0 Å². The van der Waals surface area contributed by atoms with E-state index in [1.165, 1.54) is 17.5 Å². The van der Waals surface area contributed by atoms with Crippen molar-refractivity contribution in [3.8, 4) is 0 Å². The predicted molar refractivity (Wildman–Crippen MR) is 113 cm³/mol. The molecule has 2 aromatic heterocycles. The maximum absolute atomic E-state index is 4.89. The first kappa shape index (κ1) is 18.6. The number of hydrogen-bond donors (Lipinski definition) is 1. The number of hydrogen-bond acceptors (Lipinski definition) is 5. The average Bonchev–Trinajstić information content (AvgIpc) is 3.11. The zero-order chi connectivity index (χ0) is 19.5. The predicted octanol–water partition coefficient (Wildman–Crippen LogP) is 4.88. The van der Waals surface area contributed by atoms with Crippen LogP contribution < -0.4 is 5.32 Å². The Kier molecular flexibility index (Phi) is 5.35. The molecule has 1 unspecified atom stereocenters. The Hall–Kier alpha value is -2.79.